The van der Waals surface area contributed by atoms with Crippen molar-refractivity contribution in [2.75, 3.05) is 0 Å². The highest BCUT2D eigenvalue weighted by Crippen LogP contribution is 2.29. The second-order valence-corrected chi connectivity index (χ2v) is 4.89. The number of aromatic nitrogens is 1. The van der Waals surface area contributed by atoms with Crippen LogP contribution in [0.25, 0.3) is 10.9 Å². The number of rotatable bonds is 4. The lowest BCUT2D eigenvalue weighted by atomic mass is 9.81. The maximum atomic E-state index is 11.4. The van der Waals surface area contributed by atoms with Crippen LogP contribution in [-0.2, 0) is 11.2 Å². The smallest absolute Gasteiger partial charge is 0.309 e. The largest absolute Gasteiger partial charge is 0.481 e. The monoisotopic (exact) mass is 243 g/mol. The molecule has 0 aliphatic carbocycles. The van der Waals surface area contributed by atoms with E-state index in [0.29, 0.717) is 12.8 Å². The predicted octanol–water partition coefficient (Wildman–Crippen LogP) is 3.28. The summed E-state index contributed by atoms with van der Waals surface area (Å²) in [6.07, 6.45) is 2.86. The zero-order valence-corrected chi connectivity index (χ0v) is 10.7. The Hall–Kier alpha value is -1.90. The van der Waals surface area contributed by atoms with Crippen LogP contribution in [0.1, 0.15) is 25.8 Å². The number of carbonyl (C=O) groups is 1. The van der Waals surface area contributed by atoms with E-state index in [1.165, 1.54) is 0 Å². The molecule has 1 atom stereocenters. The third-order valence-electron chi connectivity index (χ3n) is 3.59. The summed E-state index contributed by atoms with van der Waals surface area (Å²) in [7, 11) is 0. The fraction of sp³-hybridized carbons (Fsp3) is 0.333. The molecule has 0 radical (unpaired) electrons. The number of nitrogens with zero attached hydrogens (tertiary/aromatic N) is 1. The van der Waals surface area contributed by atoms with E-state index < -0.39 is 11.4 Å². The second-order valence-electron chi connectivity index (χ2n) is 4.89. The number of para-hydroxylation sites is 1. The van der Waals surface area contributed by atoms with E-state index in [1.54, 1.807) is 13.1 Å². The molecule has 1 aromatic carbocycles. The number of hydrogen-bond donors (Lipinski definition) is 1. The summed E-state index contributed by atoms with van der Waals surface area (Å²) in [5, 5.41) is 10.4. The lowest BCUT2D eigenvalue weighted by molar-refractivity contribution is -0.148. The SMILES string of the molecule is CCC(C)(Cc1cccc2cccnc12)C(=O)O. The van der Waals surface area contributed by atoms with Crippen LogP contribution in [0.2, 0.25) is 0 Å². The van der Waals surface area contributed by atoms with Gasteiger partial charge in [-0.1, -0.05) is 31.2 Å². The molecular formula is C15H17NO2. The van der Waals surface area contributed by atoms with Crippen LogP contribution < -0.4 is 0 Å². The number of carboxylic acids is 1. The number of pyridine rings is 1. The molecule has 0 aliphatic heterocycles. The molecule has 18 heavy (non-hydrogen) atoms. The third kappa shape index (κ3) is 2.21. The average molecular weight is 243 g/mol. The molecule has 1 unspecified atom stereocenters. The molecule has 0 saturated carbocycles. The molecule has 0 amide bonds. The van der Waals surface area contributed by atoms with Crippen molar-refractivity contribution in [3.63, 3.8) is 0 Å². The van der Waals surface area contributed by atoms with Gasteiger partial charge < -0.3 is 5.11 Å². The van der Waals surface area contributed by atoms with E-state index in [2.05, 4.69) is 4.98 Å². The summed E-state index contributed by atoms with van der Waals surface area (Å²) in [4.78, 5) is 15.7. The van der Waals surface area contributed by atoms with Crippen LogP contribution in [0.5, 0.6) is 0 Å². The number of carboxylic acid groups (broad SMARTS) is 1. The first-order valence-corrected chi connectivity index (χ1v) is 6.13. The topological polar surface area (TPSA) is 50.2 Å². The normalized spacial score (nSPS) is 14.3. The first-order valence-electron chi connectivity index (χ1n) is 6.13. The molecular weight excluding hydrogens is 226 g/mol. The summed E-state index contributed by atoms with van der Waals surface area (Å²) in [5.41, 5.74) is 1.17. The Morgan fingerprint density at radius 3 is 2.72 bits per heavy atom. The van der Waals surface area contributed by atoms with Crippen molar-refractivity contribution in [1.29, 1.82) is 0 Å². The lowest BCUT2D eigenvalue weighted by Gasteiger charge is -2.23. The Morgan fingerprint density at radius 2 is 2.06 bits per heavy atom. The highest BCUT2D eigenvalue weighted by Gasteiger charge is 2.31. The van der Waals surface area contributed by atoms with Crippen molar-refractivity contribution < 1.29 is 9.90 Å². The summed E-state index contributed by atoms with van der Waals surface area (Å²) >= 11 is 0. The Morgan fingerprint density at radius 1 is 1.33 bits per heavy atom. The Kier molecular flexibility index (Phi) is 3.32. The molecule has 0 saturated heterocycles. The Bertz CT molecular complexity index is 574. The quantitative estimate of drug-likeness (QED) is 0.896. The fourth-order valence-electron chi connectivity index (χ4n) is 2.08. The average Bonchev–Trinajstić information content (AvgIpc) is 2.39. The van der Waals surface area contributed by atoms with Crippen molar-refractivity contribution >= 4 is 16.9 Å². The van der Waals surface area contributed by atoms with Gasteiger partial charge in [0.1, 0.15) is 0 Å². The minimum Gasteiger partial charge on any atom is -0.481 e. The van der Waals surface area contributed by atoms with Crippen molar-refractivity contribution in [3.8, 4) is 0 Å². The van der Waals surface area contributed by atoms with Gasteiger partial charge in [0.2, 0.25) is 0 Å². The van der Waals surface area contributed by atoms with Gasteiger partial charge in [0.15, 0.2) is 0 Å². The minimum atomic E-state index is -0.752. The van der Waals surface area contributed by atoms with Crippen molar-refractivity contribution in [2.24, 2.45) is 5.41 Å². The maximum absolute atomic E-state index is 11.4. The maximum Gasteiger partial charge on any atom is 0.309 e. The van der Waals surface area contributed by atoms with Gasteiger partial charge in [-0.15, -0.1) is 0 Å². The molecule has 3 nitrogen and oxygen atoms in total. The molecule has 94 valence electrons. The molecule has 1 N–H and O–H groups in total. The van der Waals surface area contributed by atoms with Gasteiger partial charge in [0, 0.05) is 11.6 Å². The zero-order chi connectivity index (χ0) is 13.2. The second kappa shape index (κ2) is 4.77. The molecule has 3 heteroatoms. The molecule has 1 aromatic heterocycles. The molecule has 0 bridgehead atoms. The van der Waals surface area contributed by atoms with Crippen LogP contribution in [0.15, 0.2) is 36.5 Å². The predicted molar refractivity (Wildman–Crippen MR) is 71.5 cm³/mol. The third-order valence-corrected chi connectivity index (χ3v) is 3.59. The van der Waals surface area contributed by atoms with Gasteiger partial charge in [0.25, 0.3) is 0 Å². The van der Waals surface area contributed by atoms with Gasteiger partial charge in [-0.2, -0.15) is 0 Å². The van der Waals surface area contributed by atoms with Gasteiger partial charge in [-0.05, 0) is 31.4 Å². The van der Waals surface area contributed by atoms with Crippen LogP contribution in [0.3, 0.4) is 0 Å². The summed E-state index contributed by atoms with van der Waals surface area (Å²) < 4.78 is 0. The molecule has 1 heterocycles. The Labute approximate surface area is 106 Å². The van der Waals surface area contributed by atoms with E-state index in [9.17, 15) is 9.90 Å². The fourth-order valence-corrected chi connectivity index (χ4v) is 2.08. The zero-order valence-electron chi connectivity index (χ0n) is 10.7. The van der Waals surface area contributed by atoms with Crippen molar-refractivity contribution in [2.45, 2.75) is 26.7 Å². The van der Waals surface area contributed by atoms with Gasteiger partial charge in [-0.3, -0.25) is 9.78 Å². The van der Waals surface area contributed by atoms with Crippen molar-refractivity contribution in [3.05, 3.63) is 42.1 Å². The Balaban J connectivity index is 2.46. The first-order chi connectivity index (χ1) is 8.57. The van der Waals surface area contributed by atoms with E-state index in [1.807, 2.05) is 37.3 Å². The van der Waals surface area contributed by atoms with Crippen LogP contribution >= 0.6 is 0 Å². The lowest BCUT2D eigenvalue weighted by Crippen LogP contribution is -2.29. The number of benzene rings is 1. The number of aliphatic carboxylic acids is 1. The van der Waals surface area contributed by atoms with E-state index in [0.717, 1.165) is 16.5 Å². The van der Waals surface area contributed by atoms with Gasteiger partial charge >= 0.3 is 5.97 Å². The van der Waals surface area contributed by atoms with E-state index >= 15 is 0 Å². The summed E-state index contributed by atoms with van der Waals surface area (Å²) in [6.45, 7) is 3.70. The van der Waals surface area contributed by atoms with Gasteiger partial charge in [0.05, 0.1) is 10.9 Å². The molecule has 0 spiro atoms. The van der Waals surface area contributed by atoms with E-state index in [4.69, 9.17) is 0 Å². The van der Waals surface area contributed by atoms with Crippen molar-refractivity contribution in [1.82, 2.24) is 4.98 Å². The molecule has 2 rings (SSSR count). The molecule has 2 aromatic rings. The molecule has 0 aliphatic rings. The van der Waals surface area contributed by atoms with Crippen LogP contribution in [0, 0.1) is 5.41 Å². The highest BCUT2D eigenvalue weighted by molar-refractivity contribution is 5.83. The number of hydrogen-bond acceptors (Lipinski definition) is 2. The van der Waals surface area contributed by atoms with Crippen LogP contribution in [0.4, 0.5) is 0 Å². The summed E-state index contributed by atoms with van der Waals surface area (Å²) in [6, 6.07) is 9.80. The first kappa shape index (κ1) is 12.6. The number of fused-ring (bicyclic) bond motifs is 1. The van der Waals surface area contributed by atoms with Gasteiger partial charge in [-0.25, -0.2) is 0 Å². The standard InChI is InChI=1S/C15H17NO2/c1-3-15(2,14(17)18)10-12-7-4-6-11-8-5-9-16-13(11)12/h4-9H,3,10H2,1-2H3,(H,17,18). The molecule has 0 fully saturated rings. The van der Waals surface area contributed by atoms with E-state index in [-0.39, 0.29) is 0 Å². The summed E-state index contributed by atoms with van der Waals surface area (Å²) in [5.74, 6) is -0.752. The minimum absolute atomic E-state index is 0.507. The highest BCUT2D eigenvalue weighted by atomic mass is 16.4. The van der Waals surface area contributed by atoms with Crippen LogP contribution in [-0.4, -0.2) is 16.1 Å².